The zero-order valence-electron chi connectivity index (χ0n) is 16.5. The zero-order valence-corrected chi connectivity index (χ0v) is 16.5. The first kappa shape index (κ1) is 21.6. The van der Waals surface area contributed by atoms with Crippen molar-refractivity contribution in [3.05, 3.63) is 35.9 Å². The summed E-state index contributed by atoms with van der Waals surface area (Å²) in [6.45, 7) is 2.78. The molecule has 1 aromatic rings. The highest BCUT2D eigenvalue weighted by Crippen LogP contribution is 2.25. The second kappa shape index (κ2) is 9.13. The molecule has 0 aromatic heterocycles. The van der Waals surface area contributed by atoms with Gasteiger partial charge >= 0.3 is 6.18 Å². The Kier molecular flexibility index (Phi) is 6.79. The number of alkyl halides is 3. The van der Waals surface area contributed by atoms with Crippen LogP contribution in [0.4, 0.5) is 13.2 Å². The highest BCUT2D eigenvalue weighted by Gasteiger charge is 2.41. The van der Waals surface area contributed by atoms with Crippen molar-refractivity contribution in [2.75, 3.05) is 52.9 Å². The minimum Gasteiger partial charge on any atom is -0.348 e. The van der Waals surface area contributed by atoms with Crippen LogP contribution in [0.2, 0.25) is 0 Å². The minimum absolute atomic E-state index is 0.183. The summed E-state index contributed by atoms with van der Waals surface area (Å²) >= 11 is 0. The van der Waals surface area contributed by atoms with Gasteiger partial charge in [-0.3, -0.25) is 14.5 Å². The van der Waals surface area contributed by atoms with Gasteiger partial charge in [-0.05, 0) is 12.6 Å². The fourth-order valence-electron chi connectivity index (χ4n) is 3.81. The van der Waals surface area contributed by atoms with E-state index in [-0.39, 0.29) is 24.9 Å². The number of carbonyl (C=O) groups is 2. The summed E-state index contributed by atoms with van der Waals surface area (Å²) in [5.41, 5.74) is 0.941. The summed E-state index contributed by atoms with van der Waals surface area (Å²) < 4.78 is 37.9. The Morgan fingerprint density at radius 1 is 1.17 bits per heavy atom. The average molecular weight is 412 g/mol. The number of likely N-dealkylation sites (N-methyl/N-ethyl adjacent to an activating group) is 1. The average Bonchev–Trinajstić information content (AvgIpc) is 3.02. The van der Waals surface area contributed by atoms with Crippen LogP contribution in [0.3, 0.4) is 0 Å². The van der Waals surface area contributed by atoms with E-state index in [1.165, 1.54) is 0 Å². The van der Waals surface area contributed by atoms with E-state index in [1.807, 2.05) is 30.3 Å². The molecule has 1 N–H and O–H groups in total. The molecule has 2 saturated heterocycles. The van der Waals surface area contributed by atoms with Crippen molar-refractivity contribution in [3.63, 3.8) is 0 Å². The van der Waals surface area contributed by atoms with Gasteiger partial charge in [0.1, 0.15) is 6.54 Å². The van der Waals surface area contributed by atoms with Crippen LogP contribution in [0.1, 0.15) is 18.0 Å². The quantitative estimate of drug-likeness (QED) is 0.770. The van der Waals surface area contributed by atoms with Crippen LogP contribution in [-0.2, 0) is 9.59 Å². The molecular formula is C20H27F3N4O2. The van der Waals surface area contributed by atoms with E-state index in [1.54, 1.807) is 0 Å². The first-order chi connectivity index (χ1) is 13.7. The van der Waals surface area contributed by atoms with Crippen molar-refractivity contribution in [3.8, 4) is 0 Å². The molecule has 2 unspecified atom stereocenters. The van der Waals surface area contributed by atoms with Crippen LogP contribution in [0.5, 0.6) is 0 Å². The first-order valence-electron chi connectivity index (χ1n) is 9.82. The molecule has 160 valence electrons. The lowest BCUT2D eigenvalue weighted by atomic mass is 10.0. The van der Waals surface area contributed by atoms with Crippen LogP contribution in [-0.4, -0.2) is 85.6 Å². The van der Waals surface area contributed by atoms with Crippen LogP contribution >= 0.6 is 0 Å². The molecule has 6 nitrogen and oxygen atoms in total. The monoisotopic (exact) mass is 412 g/mol. The van der Waals surface area contributed by atoms with Gasteiger partial charge in [0.05, 0.1) is 12.0 Å². The van der Waals surface area contributed by atoms with E-state index in [0.717, 1.165) is 36.6 Å². The lowest BCUT2D eigenvalue weighted by molar-refractivity contribution is -0.157. The third kappa shape index (κ3) is 6.17. The van der Waals surface area contributed by atoms with Gasteiger partial charge in [0.25, 0.3) is 0 Å². The predicted octanol–water partition coefficient (Wildman–Crippen LogP) is 1.50. The summed E-state index contributed by atoms with van der Waals surface area (Å²) in [7, 11) is 2.07. The van der Waals surface area contributed by atoms with Gasteiger partial charge in [-0.25, -0.2) is 0 Å². The lowest BCUT2D eigenvalue weighted by Gasteiger charge is -2.35. The maximum absolute atomic E-state index is 12.8. The van der Waals surface area contributed by atoms with E-state index in [4.69, 9.17) is 0 Å². The van der Waals surface area contributed by atoms with Crippen molar-refractivity contribution < 1.29 is 22.8 Å². The number of likely N-dealkylation sites (tertiary alicyclic amines) is 1. The molecule has 0 radical (unpaired) electrons. The van der Waals surface area contributed by atoms with E-state index in [2.05, 4.69) is 22.2 Å². The van der Waals surface area contributed by atoms with E-state index in [9.17, 15) is 22.8 Å². The number of carbonyl (C=O) groups excluding carboxylic acids is 2. The molecule has 0 bridgehead atoms. The lowest BCUT2D eigenvalue weighted by Crippen LogP contribution is -2.48. The smallest absolute Gasteiger partial charge is 0.348 e. The fraction of sp³-hybridized carbons (Fsp3) is 0.600. The van der Waals surface area contributed by atoms with Crippen LogP contribution in [0, 0.1) is 5.92 Å². The molecule has 2 aliphatic rings. The van der Waals surface area contributed by atoms with Gasteiger partial charge in [-0.1, -0.05) is 30.3 Å². The molecule has 0 aliphatic carbocycles. The van der Waals surface area contributed by atoms with Gasteiger partial charge in [0, 0.05) is 45.7 Å². The van der Waals surface area contributed by atoms with Gasteiger partial charge < -0.3 is 15.1 Å². The number of hydrogen-bond acceptors (Lipinski definition) is 4. The zero-order chi connectivity index (χ0) is 21.0. The minimum atomic E-state index is -4.46. The Bertz CT molecular complexity index is 705. The molecule has 9 heteroatoms. The van der Waals surface area contributed by atoms with Crippen molar-refractivity contribution in [1.82, 2.24) is 20.0 Å². The maximum atomic E-state index is 12.8. The molecule has 3 rings (SSSR count). The van der Waals surface area contributed by atoms with Crippen molar-refractivity contribution in [1.29, 1.82) is 0 Å². The number of piperazine rings is 1. The van der Waals surface area contributed by atoms with E-state index in [0.29, 0.717) is 6.54 Å². The Morgan fingerprint density at radius 3 is 2.45 bits per heavy atom. The summed E-state index contributed by atoms with van der Waals surface area (Å²) in [5.74, 6) is -1.76. The van der Waals surface area contributed by atoms with Gasteiger partial charge in [0.2, 0.25) is 11.8 Å². The summed E-state index contributed by atoms with van der Waals surface area (Å²) in [5, 5.41) is 2.98. The van der Waals surface area contributed by atoms with Crippen LogP contribution < -0.4 is 5.32 Å². The van der Waals surface area contributed by atoms with Crippen LogP contribution in [0.25, 0.3) is 0 Å². The number of halogens is 3. The molecule has 2 aliphatic heterocycles. The standard InChI is InChI=1S/C20H27F3N4O2/c1-25-7-9-26(10-8-25)13-17(15-5-3-2-4-6-15)24-19(29)16-11-18(28)27(12-16)14-20(21,22)23/h2-6,16-17H,7-14H2,1H3,(H,24,29). The third-order valence-corrected chi connectivity index (χ3v) is 5.51. The van der Waals surface area contributed by atoms with E-state index < -0.39 is 24.5 Å². The molecular weight excluding hydrogens is 385 g/mol. The summed E-state index contributed by atoms with van der Waals surface area (Å²) in [4.78, 5) is 29.9. The van der Waals surface area contributed by atoms with Gasteiger partial charge in [0.15, 0.2) is 0 Å². The molecule has 2 amide bonds. The Balaban J connectivity index is 1.64. The highest BCUT2D eigenvalue weighted by atomic mass is 19.4. The fourth-order valence-corrected chi connectivity index (χ4v) is 3.81. The van der Waals surface area contributed by atoms with Crippen molar-refractivity contribution in [2.24, 2.45) is 5.92 Å². The van der Waals surface area contributed by atoms with Crippen molar-refractivity contribution >= 4 is 11.8 Å². The summed E-state index contributed by atoms with van der Waals surface area (Å²) in [6, 6.07) is 9.25. The Morgan fingerprint density at radius 2 is 1.83 bits per heavy atom. The first-order valence-corrected chi connectivity index (χ1v) is 9.82. The molecule has 1 aromatic carbocycles. The Labute approximate surface area is 168 Å². The number of nitrogens with zero attached hydrogens (tertiary/aromatic N) is 3. The third-order valence-electron chi connectivity index (χ3n) is 5.51. The van der Waals surface area contributed by atoms with Crippen LogP contribution in [0.15, 0.2) is 30.3 Å². The second-order valence-electron chi connectivity index (χ2n) is 7.87. The largest absolute Gasteiger partial charge is 0.406 e. The number of rotatable bonds is 6. The van der Waals surface area contributed by atoms with E-state index >= 15 is 0 Å². The number of hydrogen-bond donors (Lipinski definition) is 1. The molecule has 0 saturated carbocycles. The van der Waals surface area contributed by atoms with Crippen molar-refractivity contribution in [2.45, 2.75) is 18.6 Å². The topological polar surface area (TPSA) is 55.9 Å². The normalized spacial score (nSPS) is 22.7. The molecule has 29 heavy (non-hydrogen) atoms. The maximum Gasteiger partial charge on any atom is 0.406 e. The SMILES string of the molecule is CN1CCN(CC(NC(=O)C2CC(=O)N(CC(F)(F)F)C2)c2ccccc2)CC1. The number of amides is 2. The second-order valence-corrected chi connectivity index (χ2v) is 7.87. The highest BCUT2D eigenvalue weighted by molar-refractivity contribution is 5.89. The number of benzene rings is 1. The van der Waals surface area contributed by atoms with Gasteiger partial charge in [-0.2, -0.15) is 13.2 Å². The summed E-state index contributed by atoms with van der Waals surface area (Å²) in [6.07, 6.45) is -4.65. The van der Waals surface area contributed by atoms with Gasteiger partial charge in [-0.15, -0.1) is 0 Å². The molecule has 2 heterocycles. The molecule has 2 atom stereocenters. The predicted molar refractivity (Wildman–Crippen MR) is 102 cm³/mol. The Hall–Kier alpha value is -2.13. The molecule has 0 spiro atoms. The molecule has 2 fully saturated rings. The number of nitrogens with one attached hydrogen (secondary N) is 1.